The molecule has 2 aromatic carbocycles. The number of benzene rings is 2. The summed E-state index contributed by atoms with van der Waals surface area (Å²) in [7, 11) is 1.75. The molecule has 0 radical (unpaired) electrons. The van der Waals surface area contributed by atoms with Crippen LogP contribution in [0.15, 0.2) is 53.0 Å². The van der Waals surface area contributed by atoms with Crippen LogP contribution in [0.1, 0.15) is 37.9 Å². The second-order valence-corrected chi connectivity index (χ2v) is 7.95. The maximum atomic E-state index is 12.5. The van der Waals surface area contributed by atoms with Crippen LogP contribution in [0.2, 0.25) is 5.02 Å². The average molecular weight is 411 g/mol. The van der Waals surface area contributed by atoms with Crippen molar-refractivity contribution in [2.45, 2.75) is 32.4 Å². The van der Waals surface area contributed by atoms with Crippen molar-refractivity contribution in [2.24, 2.45) is 0 Å². The summed E-state index contributed by atoms with van der Waals surface area (Å²) >= 11 is 9.44. The minimum Gasteiger partial charge on any atom is -0.444 e. The van der Waals surface area contributed by atoms with Crippen LogP contribution in [0.3, 0.4) is 0 Å². The fourth-order valence-electron chi connectivity index (χ4n) is 2.37. The number of hydrogen-bond donors (Lipinski definition) is 0. The number of rotatable bonds is 3. The minimum atomic E-state index is -0.546. The highest BCUT2D eigenvalue weighted by Gasteiger charge is 2.27. The molecule has 5 heteroatoms. The van der Waals surface area contributed by atoms with Gasteiger partial charge in [0.25, 0.3) is 0 Å². The van der Waals surface area contributed by atoms with Gasteiger partial charge in [-0.2, -0.15) is 0 Å². The van der Waals surface area contributed by atoms with Gasteiger partial charge in [-0.15, -0.1) is 0 Å². The van der Waals surface area contributed by atoms with Gasteiger partial charge in [0.05, 0.1) is 6.04 Å². The van der Waals surface area contributed by atoms with E-state index in [1.165, 1.54) is 0 Å². The summed E-state index contributed by atoms with van der Waals surface area (Å²) in [6.07, 6.45) is -0.370. The van der Waals surface area contributed by atoms with E-state index in [-0.39, 0.29) is 12.1 Å². The summed E-state index contributed by atoms with van der Waals surface area (Å²) in [4.78, 5) is 14.2. The van der Waals surface area contributed by atoms with Gasteiger partial charge >= 0.3 is 6.09 Å². The van der Waals surface area contributed by atoms with E-state index in [0.29, 0.717) is 5.02 Å². The van der Waals surface area contributed by atoms with Crippen LogP contribution in [0.4, 0.5) is 4.79 Å². The lowest BCUT2D eigenvalue weighted by molar-refractivity contribution is 0.0248. The third-order valence-corrected chi connectivity index (χ3v) is 4.22. The second-order valence-electron chi connectivity index (χ2n) is 6.60. The molecule has 1 amide bonds. The zero-order chi connectivity index (χ0) is 17.9. The first-order valence-corrected chi connectivity index (χ1v) is 8.81. The Morgan fingerprint density at radius 1 is 1.04 bits per heavy atom. The fraction of sp³-hybridized carbons (Fsp3) is 0.316. The second kappa shape index (κ2) is 7.58. The number of ether oxygens (including phenoxy) is 1. The van der Waals surface area contributed by atoms with Crippen LogP contribution >= 0.6 is 27.5 Å². The summed E-state index contributed by atoms with van der Waals surface area (Å²) in [5.74, 6) is 0. The Morgan fingerprint density at radius 3 is 1.96 bits per heavy atom. The van der Waals surface area contributed by atoms with Gasteiger partial charge in [-0.1, -0.05) is 51.8 Å². The number of carbonyl (C=O) groups is 1. The summed E-state index contributed by atoms with van der Waals surface area (Å²) in [6, 6.07) is 15.1. The van der Waals surface area contributed by atoms with E-state index in [1.807, 2.05) is 69.3 Å². The van der Waals surface area contributed by atoms with Crippen LogP contribution < -0.4 is 0 Å². The number of nitrogens with zero attached hydrogens (tertiary/aromatic N) is 1. The van der Waals surface area contributed by atoms with Gasteiger partial charge < -0.3 is 9.64 Å². The van der Waals surface area contributed by atoms with E-state index in [4.69, 9.17) is 16.3 Å². The molecule has 0 N–H and O–H groups in total. The molecule has 0 bridgehead atoms. The van der Waals surface area contributed by atoms with Gasteiger partial charge in [0.2, 0.25) is 0 Å². The molecular weight excluding hydrogens is 390 g/mol. The van der Waals surface area contributed by atoms with Crippen molar-refractivity contribution in [1.82, 2.24) is 4.90 Å². The third kappa shape index (κ3) is 4.99. The molecule has 2 rings (SSSR count). The van der Waals surface area contributed by atoms with Gasteiger partial charge in [-0.3, -0.25) is 0 Å². The molecule has 128 valence electrons. The smallest absolute Gasteiger partial charge is 0.410 e. The lowest BCUT2D eigenvalue weighted by Gasteiger charge is -2.31. The zero-order valence-electron chi connectivity index (χ0n) is 14.2. The Balaban J connectivity index is 2.40. The Hall–Kier alpha value is -1.52. The largest absolute Gasteiger partial charge is 0.444 e. The molecule has 0 aliphatic heterocycles. The molecule has 0 aromatic heterocycles. The first-order chi connectivity index (χ1) is 11.2. The zero-order valence-corrected chi connectivity index (χ0v) is 16.6. The molecule has 1 atom stereocenters. The summed E-state index contributed by atoms with van der Waals surface area (Å²) in [6.45, 7) is 5.57. The highest BCUT2D eigenvalue weighted by Crippen LogP contribution is 2.30. The molecule has 0 spiro atoms. The van der Waals surface area contributed by atoms with Crippen LogP contribution in [0.25, 0.3) is 0 Å². The van der Waals surface area contributed by atoms with E-state index >= 15 is 0 Å². The van der Waals surface area contributed by atoms with Crippen molar-refractivity contribution in [2.75, 3.05) is 7.05 Å². The van der Waals surface area contributed by atoms with Gasteiger partial charge in [0.15, 0.2) is 0 Å². The standard InChI is InChI=1S/C19H21BrClNO2/c1-19(2,3)24-18(23)22(4)17(13-5-9-15(20)10-6-13)14-7-11-16(21)12-8-14/h5-12,17H,1-4H3. The average Bonchev–Trinajstić information content (AvgIpc) is 2.49. The first-order valence-electron chi connectivity index (χ1n) is 7.64. The molecular formula is C19H21BrClNO2. The lowest BCUT2D eigenvalue weighted by atomic mass is 9.98. The van der Waals surface area contributed by atoms with Gasteiger partial charge in [-0.25, -0.2) is 4.79 Å². The molecule has 0 saturated heterocycles. The van der Waals surface area contributed by atoms with E-state index in [0.717, 1.165) is 15.6 Å². The summed E-state index contributed by atoms with van der Waals surface area (Å²) in [5.41, 5.74) is 1.42. The SMILES string of the molecule is CN(C(=O)OC(C)(C)C)C(c1ccc(Cl)cc1)c1ccc(Br)cc1. The molecule has 1 unspecified atom stereocenters. The van der Waals surface area contributed by atoms with Crippen molar-refractivity contribution in [3.05, 3.63) is 69.2 Å². The lowest BCUT2D eigenvalue weighted by Crippen LogP contribution is -2.37. The highest BCUT2D eigenvalue weighted by molar-refractivity contribution is 9.10. The van der Waals surface area contributed by atoms with E-state index in [2.05, 4.69) is 15.9 Å². The number of carbonyl (C=O) groups excluding carboxylic acids is 1. The molecule has 0 saturated carbocycles. The fourth-order valence-corrected chi connectivity index (χ4v) is 2.76. The van der Waals surface area contributed by atoms with Crippen LogP contribution in [0.5, 0.6) is 0 Å². The Bertz CT molecular complexity index is 647. The molecule has 0 fully saturated rings. The van der Waals surface area contributed by atoms with Crippen LogP contribution in [-0.4, -0.2) is 23.6 Å². The molecule has 0 aliphatic rings. The Labute approximate surface area is 156 Å². The van der Waals surface area contributed by atoms with E-state index in [9.17, 15) is 4.79 Å². The molecule has 0 heterocycles. The van der Waals surface area contributed by atoms with Gasteiger partial charge in [0, 0.05) is 16.5 Å². The quantitative estimate of drug-likeness (QED) is 0.615. The number of hydrogen-bond acceptors (Lipinski definition) is 2. The maximum Gasteiger partial charge on any atom is 0.410 e. The monoisotopic (exact) mass is 409 g/mol. The maximum absolute atomic E-state index is 12.5. The third-order valence-electron chi connectivity index (χ3n) is 3.44. The molecule has 3 nitrogen and oxygen atoms in total. The minimum absolute atomic E-state index is 0.259. The van der Waals surface area contributed by atoms with E-state index < -0.39 is 5.60 Å². The number of halogens is 2. The van der Waals surface area contributed by atoms with Crippen molar-refractivity contribution in [1.29, 1.82) is 0 Å². The van der Waals surface area contributed by atoms with Gasteiger partial charge in [-0.05, 0) is 56.2 Å². The molecule has 2 aromatic rings. The van der Waals surface area contributed by atoms with Crippen LogP contribution in [-0.2, 0) is 4.74 Å². The summed E-state index contributed by atoms with van der Waals surface area (Å²) in [5, 5.41) is 0.660. The molecule has 0 aliphatic carbocycles. The Kier molecular flexibility index (Phi) is 5.94. The van der Waals surface area contributed by atoms with E-state index in [1.54, 1.807) is 11.9 Å². The Morgan fingerprint density at radius 2 is 1.50 bits per heavy atom. The topological polar surface area (TPSA) is 29.5 Å². The normalized spacial score (nSPS) is 12.6. The summed E-state index contributed by atoms with van der Waals surface area (Å²) < 4.78 is 6.51. The first kappa shape index (κ1) is 18.8. The van der Waals surface area contributed by atoms with Crippen LogP contribution in [0, 0.1) is 0 Å². The molecule has 24 heavy (non-hydrogen) atoms. The van der Waals surface area contributed by atoms with Crippen molar-refractivity contribution in [3.8, 4) is 0 Å². The predicted molar refractivity (Wildman–Crippen MR) is 101 cm³/mol. The van der Waals surface area contributed by atoms with Crippen molar-refractivity contribution in [3.63, 3.8) is 0 Å². The predicted octanol–water partition coefficient (Wildman–Crippen LogP) is 6.06. The van der Waals surface area contributed by atoms with Crippen molar-refractivity contribution >= 4 is 33.6 Å². The number of amides is 1. The highest BCUT2D eigenvalue weighted by atomic mass is 79.9. The van der Waals surface area contributed by atoms with Gasteiger partial charge in [0.1, 0.15) is 5.60 Å². The van der Waals surface area contributed by atoms with Crippen molar-refractivity contribution < 1.29 is 9.53 Å².